The third kappa shape index (κ3) is 3.64. The lowest BCUT2D eigenvalue weighted by Gasteiger charge is -2.11. The smallest absolute Gasteiger partial charge is 0.338 e. The quantitative estimate of drug-likeness (QED) is 0.558. The molecule has 0 saturated carbocycles. The Bertz CT molecular complexity index is 1070. The fourth-order valence-electron chi connectivity index (χ4n) is 2.76. The fraction of sp³-hybridized carbons (Fsp3) is 0.0476. The second-order valence-electron chi connectivity index (χ2n) is 6.12. The van der Waals surface area contributed by atoms with E-state index in [1.54, 1.807) is 24.3 Å². The van der Waals surface area contributed by atoms with Gasteiger partial charge in [0, 0.05) is 11.1 Å². The van der Waals surface area contributed by atoms with Crippen LogP contribution in [0.1, 0.15) is 16.7 Å². The molecule has 0 fully saturated rings. The molecule has 1 heterocycles. The summed E-state index contributed by atoms with van der Waals surface area (Å²) in [6, 6.07) is 17.6. The summed E-state index contributed by atoms with van der Waals surface area (Å²) in [4.78, 5) is 9.04. The summed E-state index contributed by atoms with van der Waals surface area (Å²) in [6.07, 6.45) is -4.41. The number of nitrogens with one attached hydrogen (secondary N) is 1. The van der Waals surface area contributed by atoms with Gasteiger partial charge in [-0.25, -0.2) is 14.4 Å². The maximum atomic E-state index is 13.3. The van der Waals surface area contributed by atoms with Gasteiger partial charge in [-0.2, -0.15) is 13.2 Å². The van der Waals surface area contributed by atoms with E-state index in [1.165, 1.54) is 24.3 Å². The van der Waals surface area contributed by atoms with Gasteiger partial charge in [-0.3, -0.25) is 0 Å². The number of amidine groups is 2. The Morgan fingerprint density at radius 2 is 1.36 bits per heavy atom. The summed E-state index contributed by atoms with van der Waals surface area (Å²) in [6.45, 7) is 0. The second-order valence-corrected chi connectivity index (χ2v) is 6.12. The van der Waals surface area contributed by atoms with Crippen LogP contribution in [0.4, 0.5) is 28.9 Å². The van der Waals surface area contributed by atoms with Crippen molar-refractivity contribution in [1.82, 2.24) is 0 Å². The van der Waals surface area contributed by atoms with E-state index in [1.807, 2.05) is 12.1 Å². The SMILES string of the molecule is Fc1ccc(C2=Nc3ccccc3NC(c3ccc(C(F)(F)F)cc3)=N2)cc1. The van der Waals surface area contributed by atoms with E-state index >= 15 is 0 Å². The van der Waals surface area contributed by atoms with Crippen molar-refractivity contribution in [3.8, 4) is 0 Å². The van der Waals surface area contributed by atoms with Crippen LogP contribution >= 0.6 is 0 Å². The minimum absolute atomic E-state index is 0.326. The Kier molecular flexibility index (Phi) is 4.43. The molecule has 28 heavy (non-hydrogen) atoms. The summed E-state index contributed by atoms with van der Waals surface area (Å²) in [5.74, 6) is 0.289. The Hall–Kier alpha value is -3.48. The zero-order chi connectivity index (χ0) is 19.7. The maximum absolute atomic E-state index is 13.3. The molecular weight excluding hydrogens is 370 g/mol. The summed E-state index contributed by atoms with van der Waals surface area (Å²) >= 11 is 0. The van der Waals surface area contributed by atoms with Crippen LogP contribution in [-0.2, 0) is 6.18 Å². The molecule has 0 bridgehead atoms. The van der Waals surface area contributed by atoms with Crippen LogP contribution in [0.25, 0.3) is 0 Å². The molecule has 0 atom stereocenters. The third-order valence-electron chi connectivity index (χ3n) is 4.19. The van der Waals surface area contributed by atoms with Crippen molar-refractivity contribution in [3.05, 3.63) is 95.3 Å². The van der Waals surface area contributed by atoms with Gasteiger partial charge in [0.25, 0.3) is 0 Å². The molecule has 3 aromatic rings. The molecule has 0 spiro atoms. The van der Waals surface area contributed by atoms with Crippen LogP contribution in [0.2, 0.25) is 0 Å². The molecule has 4 rings (SSSR count). The van der Waals surface area contributed by atoms with Crippen molar-refractivity contribution in [3.63, 3.8) is 0 Å². The predicted octanol–water partition coefficient (Wildman–Crippen LogP) is 5.80. The van der Waals surface area contributed by atoms with E-state index in [9.17, 15) is 17.6 Å². The Labute approximate surface area is 158 Å². The Balaban J connectivity index is 1.80. The zero-order valence-electron chi connectivity index (χ0n) is 14.3. The summed E-state index contributed by atoms with van der Waals surface area (Å²) in [5, 5.41) is 3.13. The fourth-order valence-corrected chi connectivity index (χ4v) is 2.76. The minimum atomic E-state index is -4.41. The second kappa shape index (κ2) is 6.92. The van der Waals surface area contributed by atoms with Gasteiger partial charge in [0.1, 0.15) is 11.7 Å². The van der Waals surface area contributed by atoms with Gasteiger partial charge in [0.05, 0.1) is 16.9 Å². The first-order chi connectivity index (χ1) is 13.4. The molecule has 0 aliphatic carbocycles. The topological polar surface area (TPSA) is 36.8 Å². The largest absolute Gasteiger partial charge is 0.416 e. The monoisotopic (exact) mass is 383 g/mol. The minimum Gasteiger partial charge on any atom is -0.338 e. The van der Waals surface area contributed by atoms with E-state index in [0.717, 1.165) is 12.1 Å². The molecule has 3 aromatic carbocycles. The number of hydrogen-bond donors (Lipinski definition) is 1. The lowest BCUT2D eigenvalue weighted by Crippen LogP contribution is -2.15. The van der Waals surface area contributed by atoms with Gasteiger partial charge in [-0.1, -0.05) is 24.3 Å². The van der Waals surface area contributed by atoms with Crippen LogP contribution in [0.15, 0.2) is 82.8 Å². The number of rotatable bonds is 2. The van der Waals surface area contributed by atoms with Gasteiger partial charge in [-0.05, 0) is 48.5 Å². The van der Waals surface area contributed by atoms with Gasteiger partial charge in [0.2, 0.25) is 0 Å². The molecule has 0 amide bonds. The lowest BCUT2D eigenvalue weighted by atomic mass is 10.1. The highest BCUT2D eigenvalue weighted by atomic mass is 19.4. The number of fused-ring (bicyclic) bond motifs is 1. The number of para-hydroxylation sites is 2. The van der Waals surface area contributed by atoms with Crippen LogP contribution < -0.4 is 5.32 Å². The molecule has 3 nitrogen and oxygen atoms in total. The highest BCUT2D eigenvalue weighted by Crippen LogP contribution is 2.31. The van der Waals surface area contributed by atoms with Gasteiger partial charge in [-0.15, -0.1) is 0 Å². The van der Waals surface area contributed by atoms with Crippen LogP contribution in [0.5, 0.6) is 0 Å². The Morgan fingerprint density at radius 1 is 0.714 bits per heavy atom. The lowest BCUT2D eigenvalue weighted by molar-refractivity contribution is -0.137. The van der Waals surface area contributed by atoms with Crippen LogP contribution in [0.3, 0.4) is 0 Å². The highest BCUT2D eigenvalue weighted by molar-refractivity contribution is 6.19. The Morgan fingerprint density at radius 3 is 2.04 bits per heavy atom. The predicted molar refractivity (Wildman–Crippen MR) is 101 cm³/mol. The van der Waals surface area contributed by atoms with Crippen LogP contribution in [0, 0.1) is 5.82 Å². The van der Waals surface area contributed by atoms with Crippen molar-refractivity contribution in [2.24, 2.45) is 9.98 Å². The molecule has 0 radical (unpaired) electrons. The van der Waals surface area contributed by atoms with E-state index < -0.39 is 11.7 Å². The molecule has 0 aromatic heterocycles. The summed E-state index contributed by atoms with van der Waals surface area (Å²) in [5.41, 5.74) is 1.60. The van der Waals surface area contributed by atoms with Gasteiger partial charge in [0.15, 0.2) is 5.84 Å². The average molecular weight is 383 g/mol. The van der Waals surface area contributed by atoms with Crippen LogP contribution in [-0.4, -0.2) is 11.7 Å². The number of benzene rings is 3. The number of halogens is 4. The number of hydrogen-bond acceptors (Lipinski definition) is 3. The number of alkyl halides is 3. The van der Waals surface area contributed by atoms with Crippen molar-refractivity contribution in [2.75, 3.05) is 5.32 Å². The first-order valence-corrected chi connectivity index (χ1v) is 8.37. The first kappa shape index (κ1) is 17.9. The van der Waals surface area contributed by atoms with Gasteiger partial charge >= 0.3 is 6.18 Å². The van der Waals surface area contributed by atoms with E-state index in [2.05, 4.69) is 15.3 Å². The number of nitrogens with zero attached hydrogens (tertiary/aromatic N) is 2. The molecular formula is C21H13F4N3. The average Bonchev–Trinajstić information content (AvgIpc) is 2.88. The van der Waals surface area contributed by atoms with Crippen molar-refractivity contribution < 1.29 is 17.6 Å². The number of aliphatic imine (C=N–C) groups is 2. The van der Waals surface area contributed by atoms with Crippen molar-refractivity contribution in [2.45, 2.75) is 6.18 Å². The summed E-state index contributed by atoms with van der Waals surface area (Å²) < 4.78 is 51.8. The highest BCUT2D eigenvalue weighted by Gasteiger charge is 2.30. The molecule has 1 aliphatic heterocycles. The summed E-state index contributed by atoms with van der Waals surface area (Å²) in [7, 11) is 0. The number of anilines is 1. The van der Waals surface area contributed by atoms with Crippen molar-refractivity contribution >= 4 is 23.0 Å². The molecule has 7 heteroatoms. The molecule has 140 valence electrons. The first-order valence-electron chi connectivity index (χ1n) is 8.37. The normalized spacial score (nSPS) is 13.7. The third-order valence-corrected chi connectivity index (χ3v) is 4.19. The van der Waals surface area contributed by atoms with E-state index in [0.29, 0.717) is 34.2 Å². The van der Waals surface area contributed by atoms with Gasteiger partial charge < -0.3 is 5.32 Å². The van der Waals surface area contributed by atoms with E-state index in [4.69, 9.17) is 0 Å². The standard InChI is InChI=1S/C21H13F4N3/c22-16-11-7-14(8-12-16)20-27-18-4-2-1-3-17(18)26-19(28-20)13-5-9-15(10-6-13)21(23,24)25/h1-12H,(H,26,27,28). The molecule has 1 N–H and O–H groups in total. The van der Waals surface area contributed by atoms with E-state index in [-0.39, 0.29) is 5.82 Å². The molecule has 0 unspecified atom stereocenters. The van der Waals surface area contributed by atoms with Crippen molar-refractivity contribution in [1.29, 1.82) is 0 Å². The zero-order valence-corrected chi connectivity index (χ0v) is 14.3. The molecule has 0 saturated heterocycles. The maximum Gasteiger partial charge on any atom is 0.416 e. The molecule has 1 aliphatic rings.